The molecule has 4 aromatic rings. The Bertz CT molecular complexity index is 1250. The highest BCUT2D eigenvalue weighted by Crippen LogP contribution is 2.23. The van der Waals surface area contributed by atoms with Crippen molar-refractivity contribution in [2.75, 3.05) is 17.7 Å². The fraction of sp³-hybridized carbons (Fsp3) is 0.0417. The van der Waals surface area contributed by atoms with E-state index in [1.807, 2.05) is 24.3 Å². The molecule has 7 heteroatoms. The predicted molar refractivity (Wildman–Crippen MR) is 125 cm³/mol. The van der Waals surface area contributed by atoms with E-state index in [4.69, 9.17) is 4.74 Å². The second kappa shape index (κ2) is 9.23. The van der Waals surface area contributed by atoms with Gasteiger partial charge in [-0.05, 0) is 42.5 Å². The summed E-state index contributed by atoms with van der Waals surface area (Å²) in [5, 5.41) is 6.33. The van der Waals surface area contributed by atoms with Gasteiger partial charge in [0.15, 0.2) is 0 Å². The van der Waals surface area contributed by atoms with E-state index in [-0.39, 0.29) is 11.8 Å². The molecule has 0 fully saturated rings. The Morgan fingerprint density at radius 3 is 2.61 bits per heavy atom. The number of thiazole rings is 1. The van der Waals surface area contributed by atoms with Gasteiger partial charge in [0.05, 0.1) is 28.6 Å². The molecular formula is C24H19N3O3S. The van der Waals surface area contributed by atoms with Crippen LogP contribution in [0.2, 0.25) is 0 Å². The van der Waals surface area contributed by atoms with Gasteiger partial charge in [0.25, 0.3) is 5.91 Å². The average Bonchev–Trinajstić information content (AvgIpc) is 3.21. The molecule has 0 bridgehead atoms. The zero-order chi connectivity index (χ0) is 21.6. The van der Waals surface area contributed by atoms with Gasteiger partial charge in [-0.25, -0.2) is 4.98 Å². The van der Waals surface area contributed by atoms with E-state index >= 15 is 0 Å². The highest BCUT2D eigenvalue weighted by atomic mass is 32.1. The smallest absolute Gasteiger partial charge is 0.257 e. The number of carbonyl (C=O) groups excluding carboxylic acids is 2. The molecule has 2 amide bonds. The number of nitrogens with zero attached hydrogens (tertiary/aromatic N) is 1. The SMILES string of the molecule is COc1cccc(NC(=O)c2ccccc2NC(=O)/C=C/c2nc3ccccc3s2)c1. The van der Waals surface area contributed by atoms with Crippen molar-refractivity contribution in [1.29, 1.82) is 0 Å². The molecule has 31 heavy (non-hydrogen) atoms. The Morgan fingerprint density at radius 2 is 1.77 bits per heavy atom. The number of fused-ring (bicyclic) bond motifs is 1. The van der Waals surface area contributed by atoms with Crippen LogP contribution >= 0.6 is 11.3 Å². The number of hydrogen-bond acceptors (Lipinski definition) is 5. The Morgan fingerprint density at radius 1 is 0.968 bits per heavy atom. The third-order valence-electron chi connectivity index (χ3n) is 4.44. The number of ether oxygens (including phenoxy) is 1. The summed E-state index contributed by atoms with van der Waals surface area (Å²) in [6.45, 7) is 0. The second-order valence-corrected chi connectivity index (χ2v) is 7.64. The van der Waals surface area contributed by atoms with Gasteiger partial charge in [-0.2, -0.15) is 0 Å². The summed E-state index contributed by atoms with van der Waals surface area (Å²) >= 11 is 1.51. The van der Waals surface area contributed by atoms with Gasteiger partial charge < -0.3 is 15.4 Å². The lowest BCUT2D eigenvalue weighted by Crippen LogP contribution is -2.17. The first kappa shape index (κ1) is 20.3. The van der Waals surface area contributed by atoms with Crippen molar-refractivity contribution in [3.63, 3.8) is 0 Å². The Labute approximate surface area is 183 Å². The lowest BCUT2D eigenvalue weighted by molar-refractivity contribution is -0.111. The van der Waals surface area contributed by atoms with Crippen LogP contribution in [-0.4, -0.2) is 23.9 Å². The highest BCUT2D eigenvalue weighted by molar-refractivity contribution is 7.19. The van der Waals surface area contributed by atoms with Crippen LogP contribution in [-0.2, 0) is 4.79 Å². The first-order chi connectivity index (χ1) is 15.1. The number of hydrogen-bond donors (Lipinski definition) is 2. The quantitative estimate of drug-likeness (QED) is 0.412. The normalized spacial score (nSPS) is 10.9. The molecular weight excluding hydrogens is 410 g/mol. The third-order valence-corrected chi connectivity index (χ3v) is 5.45. The topological polar surface area (TPSA) is 80.3 Å². The number of nitrogens with one attached hydrogen (secondary N) is 2. The minimum Gasteiger partial charge on any atom is -0.497 e. The molecule has 154 valence electrons. The van der Waals surface area contributed by atoms with Crippen LogP contribution in [0.5, 0.6) is 5.75 Å². The summed E-state index contributed by atoms with van der Waals surface area (Å²) in [7, 11) is 1.56. The lowest BCUT2D eigenvalue weighted by Gasteiger charge is -2.11. The summed E-state index contributed by atoms with van der Waals surface area (Å²) in [5.41, 5.74) is 2.27. The van der Waals surface area contributed by atoms with Crippen molar-refractivity contribution in [3.05, 3.63) is 89.4 Å². The lowest BCUT2D eigenvalue weighted by atomic mass is 10.1. The molecule has 0 atom stereocenters. The minimum atomic E-state index is -0.346. The number of benzene rings is 3. The molecule has 1 aromatic heterocycles. The number of amides is 2. The Balaban J connectivity index is 1.47. The van der Waals surface area contributed by atoms with Gasteiger partial charge in [-0.3, -0.25) is 9.59 Å². The van der Waals surface area contributed by atoms with E-state index in [9.17, 15) is 9.59 Å². The standard InChI is InChI=1S/C24H19N3O3S/c1-30-17-8-6-7-16(15-17)25-24(29)18-9-2-3-10-19(18)26-22(28)13-14-23-27-20-11-4-5-12-21(20)31-23/h2-15H,1H3,(H,25,29)(H,26,28)/b14-13+. The van der Waals surface area contributed by atoms with Crippen molar-refractivity contribution >= 4 is 50.8 Å². The molecule has 0 aliphatic rings. The Hall–Kier alpha value is -3.97. The highest BCUT2D eigenvalue weighted by Gasteiger charge is 2.13. The van der Waals surface area contributed by atoms with E-state index in [0.29, 0.717) is 22.7 Å². The second-order valence-electron chi connectivity index (χ2n) is 6.57. The number of carbonyl (C=O) groups is 2. The predicted octanol–water partition coefficient (Wildman–Crippen LogP) is 5.21. The maximum Gasteiger partial charge on any atom is 0.257 e. The van der Waals surface area contributed by atoms with E-state index in [0.717, 1.165) is 15.2 Å². The van der Waals surface area contributed by atoms with Crippen LogP contribution in [0.15, 0.2) is 78.9 Å². The van der Waals surface area contributed by atoms with Gasteiger partial charge in [-0.1, -0.05) is 30.3 Å². The van der Waals surface area contributed by atoms with E-state index in [1.54, 1.807) is 61.7 Å². The van der Waals surface area contributed by atoms with Crippen LogP contribution in [0.1, 0.15) is 15.4 Å². The average molecular weight is 430 g/mol. The van der Waals surface area contributed by atoms with E-state index in [2.05, 4.69) is 15.6 Å². The van der Waals surface area contributed by atoms with Crippen molar-refractivity contribution in [2.24, 2.45) is 0 Å². The zero-order valence-corrected chi connectivity index (χ0v) is 17.5. The van der Waals surface area contributed by atoms with E-state index in [1.165, 1.54) is 17.4 Å². The maximum absolute atomic E-state index is 12.8. The molecule has 0 radical (unpaired) electrons. The first-order valence-corrected chi connectivity index (χ1v) is 10.3. The summed E-state index contributed by atoms with van der Waals surface area (Å²) in [4.78, 5) is 29.7. The molecule has 0 aliphatic heterocycles. The van der Waals surface area contributed by atoms with Crippen molar-refractivity contribution in [2.45, 2.75) is 0 Å². The third kappa shape index (κ3) is 4.96. The molecule has 4 rings (SSSR count). The zero-order valence-electron chi connectivity index (χ0n) is 16.7. The maximum atomic E-state index is 12.8. The van der Waals surface area contributed by atoms with Gasteiger partial charge in [0.1, 0.15) is 10.8 Å². The van der Waals surface area contributed by atoms with Gasteiger partial charge in [0, 0.05) is 17.8 Å². The number of methoxy groups -OCH3 is 1. The van der Waals surface area contributed by atoms with Crippen LogP contribution in [0.3, 0.4) is 0 Å². The largest absolute Gasteiger partial charge is 0.497 e. The van der Waals surface area contributed by atoms with Crippen LogP contribution in [0, 0.1) is 0 Å². The molecule has 2 N–H and O–H groups in total. The van der Waals surface area contributed by atoms with Crippen LogP contribution in [0.4, 0.5) is 11.4 Å². The van der Waals surface area contributed by atoms with E-state index < -0.39 is 0 Å². The number of para-hydroxylation sites is 2. The van der Waals surface area contributed by atoms with Crippen molar-refractivity contribution < 1.29 is 14.3 Å². The molecule has 3 aromatic carbocycles. The molecule has 0 saturated carbocycles. The fourth-order valence-corrected chi connectivity index (χ4v) is 3.84. The summed E-state index contributed by atoms with van der Waals surface area (Å²) in [6, 6.07) is 21.7. The fourth-order valence-electron chi connectivity index (χ4n) is 2.97. The molecule has 0 saturated heterocycles. The van der Waals surface area contributed by atoms with Gasteiger partial charge in [-0.15, -0.1) is 11.3 Å². The minimum absolute atomic E-state index is 0.334. The van der Waals surface area contributed by atoms with Crippen LogP contribution in [0.25, 0.3) is 16.3 Å². The molecule has 1 heterocycles. The summed E-state index contributed by atoms with van der Waals surface area (Å²) in [6.07, 6.45) is 3.08. The Kier molecular flexibility index (Phi) is 6.05. The number of rotatable bonds is 6. The molecule has 6 nitrogen and oxygen atoms in total. The summed E-state index contributed by atoms with van der Waals surface area (Å²) in [5.74, 6) is -0.0421. The molecule has 0 unspecified atom stereocenters. The summed E-state index contributed by atoms with van der Waals surface area (Å²) < 4.78 is 6.24. The number of anilines is 2. The van der Waals surface area contributed by atoms with Crippen LogP contribution < -0.4 is 15.4 Å². The van der Waals surface area contributed by atoms with Crippen molar-refractivity contribution in [3.8, 4) is 5.75 Å². The van der Waals surface area contributed by atoms with Gasteiger partial charge >= 0.3 is 0 Å². The number of aromatic nitrogens is 1. The van der Waals surface area contributed by atoms with Gasteiger partial charge in [0.2, 0.25) is 5.91 Å². The monoisotopic (exact) mass is 429 g/mol. The molecule has 0 spiro atoms. The van der Waals surface area contributed by atoms with Crippen molar-refractivity contribution in [1.82, 2.24) is 4.98 Å². The molecule has 0 aliphatic carbocycles. The first-order valence-electron chi connectivity index (χ1n) is 9.51.